The summed E-state index contributed by atoms with van der Waals surface area (Å²) in [6, 6.07) is 20.9. The van der Waals surface area contributed by atoms with E-state index in [0.29, 0.717) is 22.5 Å². The van der Waals surface area contributed by atoms with E-state index in [9.17, 15) is 4.79 Å². The summed E-state index contributed by atoms with van der Waals surface area (Å²) in [6.45, 7) is 0.323. The molecule has 0 unspecified atom stereocenters. The number of carbonyl (C=O) groups is 1. The van der Waals surface area contributed by atoms with Crippen molar-refractivity contribution in [1.29, 1.82) is 0 Å². The predicted octanol–water partition coefficient (Wildman–Crippen LogP) is 4.02. The Bertz CT molecular complexity index is 1080. The summed E-state index contributed by atoms with van der Waals surface area (Å²) in [5.41, 5.74) is 2.76. The minimum atomic E-state index is -0.288. The Morgan fingerprint density at radius 2 is 1.64 bits per heavy atom. The molecule has 0 spiro atoms. The number of halogens is 1. The fourth-order valence-corrected chi connectivity index (χ4v) is 3.45. The summed E-state index contributed by atoms with van der Waals surface area (Å²) >= 11 is 3.58. The SMILES string of the molecule is O=C(NCc1ccccn1)c1nn(-c2ccccn2)c(-c2ccccc2)c1Br. The molecule has 0 atom stereocenters. The van der Waals surface area contributed by atoms with E-state index in [1.807, 2.05) is 66.7 Å². The number of hydrogen-bond donors (Lipinski definition) is 1. The number of nitrogens with zero attached hydrogens (tertiary/aromatic N) is 4. The first-order chi connectivity index (χ1) is 13.7. The van der Waals surface area contributed by atoms with Gasteiger partial charge < -0.3 is 5.32 Å². The van der Waals surface area contributed by atoms with Gasteiger partial charge in [-0.05, 0) is 40.2 Å². The highest BCUT2D eigenvalue weighted by Crippen LogP contribution is 2.32. The van der Waals surface area contributed by atoms with Gasteiger partial charge in [-0.15, -0.1) is 0 Å². The standard InChI is InChI=1S/C21H16BrN5O/c22-18-19(21(28)25-14-16-10-4-6-12-23-16)26-27(17-11-5-7-13-24-17)20(18)15-8-2-1-3-9-15/h1-13H,14H2,(H,25,28). The average molecular weight is 434 g/mol. The zero-order valence-electron chi connectivity index (χ0n) is 14.8. The molecule has 0 bridgehead atoms. The van der Waals surface area contributed by atoms with E-state index in [2.05, 4.69) is 36.3 Å². The third-order valence-corrected chi connectivity index (χ3v) is 4.86. The lowest BCUT2D eigenvalue weighted by atomic mass is 10.1. The minimum absolute atomic E-state index is 0.288. The molecule has 6 nitrogen and oxygen atoms in total. The van der Waals surface area contributed by atoms with Gasteiger partial charge >= 0.3 is 0 Å². The molecule has 0 aliphatic rings. The van der Waals surface area contributed by atoms with Gasteiger partial charge in [0.05, 0.1) is 22.4 Å². The van der Waals surface area contributed by atoms with Gasteiger partial charge in [-0.1, -0.05) is 42.5 Å². The molecule has 3 aromatic heterocycles. The number of pyridine rings is 2. The maximum absolute atomic E-state index is 12.8. The maximum atomic E-state index is 12.8. The van der Waals surface area contributed by atoms with Crippen molar-refractivity contribution in [3.63, 3.8) is 0 Å². The largest absolute Gasteiger partial charge is 0.345 e. The first kappa shape index (κ1) is 18.1. The van der Waals surface area contributed by atoms with E-state index in [1.54, 1.807) is 17.1 Å². The summed E-state index contributed by atoms with van der Waals surface area (Å²) in [7, 11) is 0. The van der Waals surface area contributed by atoms with Crippen LogP contribution in [-0.2, 0) is 6.54 Å². The van der Waals surface area contributed by atoms with E-state index in [0.717, 1.165) is 17.0 Å². The fraction of sp³-hybridized carbons (Fsp3) is 0.0476. The molecule has 4 aromatic rings. The number of amides is 1. The molecule has 1 N–H and O–H groups in total. The van der Waals surface area contributed by atoms with Gasteiger partial charge in [0.25, 0.3) is 5.91 Å². The van der Waals surface area contributed by atoms with Crippen molar-refractivity contribution in [3.8, 4) is 17.1 Å². The molecule has 1 amide bonds. The minimum Gasteiger partial charge on any atom is -0.345 e. The first-order valence-corrected chi connectivity index (χ1v) is 9.47. The lowest BCUT2D eigenvalue weighted by Crippen LogP contribution is -2.24. The van der Waals surface area contributed by atoms with E-state index in [1.165, 1.54) is 0 Å². The van der Waals surface area contributed by atoms with Crippen LogP contribution in [0.5, 0.6) is 0 Å². The van der Waals surface area contributed by atoms with Gasteiger partial charge in [-0.2, -0.15) is 5.10 Å². The Kier molecular flexibility index (Phi) is 5.25. The topological polar surface area (TPSA) is 72.7 Å². The van der Waals surface area contributed by atoms with Crippen LogP contribution < -0.4 is 5.32 Å². The fourth-order valence-electron chi connectivity index (χ4n) is 2.79. The second-order valence-corrected chi connectivity index (χ2v) is 6.77. The zero-order valence-corrected chi connectivity index (χ0v) is 16.4. The monoisotopic (exact) mass is 433 g/mol. The van der Waals surface area contributed by atoms with Crippen molar-refractivity contribution in [2.24, 2.45) is 0 Å². The van der Waals surface area contributed by atoms with E-state index in [4.69, 9.17) is 0 Å². The number of carbonyl (C=O) groups excluding carboxylic acids is 1. The third-order valence-electron chi connectivity index (χ3n) is 4.11. The van der Waals surface area contributed by atoms with Gasteiger partial charge in [-0.3, -0.25) is 9.78 Å². The molecule has 0 radical (unpaired) electrons. The van der Waals surface area contributed by atoms with Crippen molar-refractivity contribution in [2.75, 3.05) is 0 Å². The van der Waals surface area contributed by atoms with Crippen molar-refractivity contribution >= 4 is 21.8 Å². The van der Waals surface area contributed by atoms with Crippen molar-refractivity contribution in [1.82, 2.24) is 25.1 Å². The number of rotatable bonds is 5. The Balaban J connectivity index is 1.72. The lowest BCUT2D eigenvalue weighted by Gasteiger charge is -2.06. The van der Waals surface area contributed by atoms with Crippen molar-refractivity contribution < 1.29 is 4.79 Å². The molecular weight excluding hydrogens is 418 g/mol. The molecule has 28 heavy (non-hydrogen) atoms. The molecule has 4 rings (SSSR count). The average Bonchev–Trinajstić information content (AvgIpc) is 3.11. The predicted molar refractivity (Wildman–Crippen MR) is 110 cm³/mol. The van der Waals surface area contributed by atoms with Crippen LogP contribution in [0.3, 0.4) is 0 Å². The molecule has 138 valence electrons. The van der Waals surface area contributed by atoms with Crippen LogP contribution >= 0.6 is 15.9 Å². The summed E-state index contributed by atoms with van der Waals surface area (Å²) in [5.74, 6) is 0.343. The second-order valence-electron chi connectivity index (χ2n) is 5.98. The molecule has 0 aliphatic carbocycles. The first-order valence-electron chi connectivity index (χ1n) is 8.67. The van der Waals surface area contributed by atoms with Crippen molar-refractivity contribution in [3.05, 3.63) is 95.0 Å². The molecule has 0 saturated heterocycles. The number of hydrogen-bond acceptors (Lipinski definition) is 4. The van der Waals surface area contributed by atoms with Crippen LogP contribution in [0.2, 0.25) is 0 Å². The van der Waals surface area contributed by atoms with E-state index < -0.39 is 0 Å². The maximum Gasteiger partial charge on any atom is 0.273 e. The Hall–Kier alpha value is -3.32. The Morgan fingerprint density at radius 3 is 2.32 bits per heavy atom. The highest BCUT2D eigenvalue weighted by Gasteiger charge is 2.23. The van der Waals surface area contributed by atoms with Crippen LogP contribution in [0.25, 0.3) is 17.1 Å². The van der Waals surface area contributed by atoms with Gasteiger partial charge in [0.2, 0.25) is 0 Å². The highest BCUT2D eigenvalue weighted by atomic mass is 79.9. The van der Waals surface area contributed by atoms with Gasteiger partial charge in [0.1, 0.15) is 0 Å². The van der Waals surface area contributed by atoms with Gasteiger partial charge in [-0.25, -0.2) is 9.67 Å². The van der Waals surface area contributed by atoms with Gasteiger partial charge in [0, 0.05) is 18.0 Å². The molecule has 7 heteroatoms. The highest BCUT2D eigenvalue weighted by molar-refractivity contribution is 9.10. The normalized spacial score (nSPS) is 10.6. The quantitative estimate of drug-likeness (QED) is 0.515. The number of benzene rings is 1. The lowest BCUT2D eigenvalue weighted by molar-refractivity contribution is 0.0944. The summed E-state index contributed by atoms with van der Waals surface area (Å²) < 4.78 is 2.29. The van der Waals surface area contributed by atoms with Gasteiger partial charge in [0.15, 0.2) is 11.5 Å². The van der Waals surface area contributed by atoms with E-state index in [-0.39, 0.29) is 5.91 Å². The van der Waals surface area contributed by atoms with Crippen molar-refractivity contribution in [2.45, 2.75) is 6.54 Å². The number of nitrogens with one attached hydrogen (secondary N) is 1. The molecule has 0 aliphatic heterocycles. The third kappa shape index (κ3) is 3.70. The van der Waals surface area contributed by atoms with Crippen LogP contribution in [0, 0.1) is 0 Å². The molecular formula is C21H16BrN5O. The summed E-state index contributed by atoms with van der Waals surface area (Å²) in [4.78, 5) is 21.4. The summed E-state index contributed by atoms with van der Waals surface area (Å²) in [5, 5.41) is 7.42. The molecule has 3 heterocycles. The van der Waals surface area contributed by atoms with E-state index >= 15 is 0 Å². The van der Waals surface area contributed by atoms with Crippen LogP contribution in [0.1, 0.15) is 16.2 Å². The Labute approximate surface area is 170 Å². The molecule has 0 saturated carbocycles. The second kappa shape index (κ2) is 8.14. The summed E-state index contributed by atoms with van der Waals surface area (Å²) in [6.07, 6.45) is 3.39. The smallest absolute Gasteiger partial charge is 0.273 e. The zero-order chi connectivity index (χ0) is 19.3. The Morgan fingerprint density at radius 1 is 0.929 bits per heavy atom. The van der Waals surface area contributed by atoms with Crippen LogP contribution in [0.4, 0.5) is 0 Å². The number of aromatic nitrogens is 4. The van der Waals surface area contributed by atoms with Crippen LogP contribution in [0.15, 0.2) is 83.6 Å². The van der Waals surface area contributed by atoms with Crippen LogP contribution in [-0.4, -0.2) is 25.7 Å². The molecule has 0 fully saturated rings. The molecule has 1 aromatic carbocycles.